The third kappa shape index (κ3) is 5.61. The number of ether oxygens (including phenoxy) is 1. The van der Waals surface area contributed by atoms with Gasteiger partial charge in [0.1, 0.15) is 5.75 Å². The van der Waals surface area contributed by atoms with E-state index in [1.807, 2.05) is 5.48 Å². The van der Waals surface area contributed by atoms with Crippen molar-refractivity contribution in [1.82, 2.24) is 5.48 Å². The van der Waals surface area contributed by atoms with Crippen molar-refractivity contribution in [2.45, 2.75) is 19.2 Å². The fourth-order valence-corrected chi connectivity index (χ4v) is 2.34. The van der Waals surface area contributed by atoms with Crippen molar-refractivity contribution in [2.24, 2.45) is 0 Å². The highest BCUT2D eigenvalue weighted by Crippen LogP contribution is 2.29. The van der Waals surface area contributed by atoms with E-state index in [0.29, 0.717) is 17.5 Å². The molecule has 28 heavy (non-hydrogen) atoms. The average Bonchev–Trinajstić information content (AvgIpc) is 2.65. The minimum absolute atomic E-state index is 0.260. The Balaban J connectivity index is 1.94. The predicted molar refractivity (Wildman–Crippen MR) is 96.1 cm³/mol. The topological polar surface area (TPSA) is 76.7 Å². The lowest BCUT2D eigenvalue weighted by Crippen LogP contribution is -2.35. The number of anilines is 1. The Kier molecular flexibility index (Phi) is 6.87. The van der Waals surface area contributed by atoms with Gasteiger partial charge in [-0.25, -0.2) is 5.48 Å². The Bertz CT molecular complexity index is 874. The molecule has 1 unspecified atom stereocenters. The number of hydrogen-bond donors (Lipinski definition) is 2. The van der Waals surface area contributed by atoms with Gasteiger partial charge < -0.3 is 10.1 Å². The number of halogens is 4. The number of methoxy groups -OCH3 is 1. The van der Waals surface area contributed by atoms with Crippen LogP contribution in [0, 0.1) is 0 Å². The Morgan fingerprint density at radius 2 is 1.86 bits per heavy atom. The van der Waals surface area contributed by atoms with Crippen molar-refractivity contribution in [2.75, 3.05) is 12.4 Å². The molecule has 150 valence electrons. The molecule has 0 aliphatic heterocycles. The summed E-state index contributed by atoms with van der Waals surface area (Å²) in [6, 6.07) is 8.39. The van der Waals surface area contributed by atoms with Crippen LogP contribution in [0.5, 0.6) is 5.75 Å². The van der Waals surface area contributed by atoms with Crippen LogP contribution >= 0.6 is 11.6 Å². The fraction of sp³-hybridized carbons (Fsp3) is 0.222. The monoisotopic (exact) mass is 416 g/mol. The van der Waals surface area contributed by atoms with E-state index >= 15 is 0 Å². The van der Waals surface area contributed by atoms with Gasteiger partial charge in [0.15, 0.2) is 6.10 Å². The molecule has 0 aromatic heterocycles. The van der Waals surface area contributed by atoms with E-state index in [-0.39, 0.29) is 10.6 Å². The second kappa shape index (κ2) is 8.94. The summed E-state index contributed by atoms with van der Waals surface area (Å²) in [5, 5.41) is 2.81. The molecule has 2 amide bonds. The molecule has 0 spiro atoms. The minimum Gasteiger partial charge on any atom is -0.495 e. The summed E-state index contributed by atoms with van der Waals surface area (Å²) in [4.78, 5) is 29.0. The molecule has 1 atom stereocenters. The molecule has 0 saturated carbocycles. The maximum Gasteiger partial charge on any atom is 0.416 e. The Hall–Kier alpha value is -2.78. The van der Waals surface area contributed by atoms with Crippen LogP contribution in [0.2, 0.25) is 5.02 Å². The smallest absolute Gasteiger partial charge is 0.416 e. The Morgan fingerprint density at radius 3 is 2.46 bits per heavy atom. The third-order valence-electron chi connectivity index (χ3n) is 3.57. The number of hydrogen-bond acceptors (Lipinski definition) is 4. The maximum absolute atomic E-state index is 12.7. The molecule has 2 aromatic rings. The summed E-state index contributed by atoms with van der Waals surface area (Å²) in [6.45, 7) is 1.35. The van der Waals surface area contributed by atoms with Crippen molar-refractivity contribution in [3.63, 3.8) is 0 Å². The summed E-state index contributed by atoms with van der Waals surface area (Å²) in [5.74, 6) is -1.10. The first-order valence-electron chi connectivity index (χ1n) is 7.89. The molecular formula is C18H16ClF3N2O4. The number of benzene rings is 2. The molecule has 0 heterocycles. The van der Waals surface area contributed by atoms with Gasteiger partial charge in [0.25, 0.3) is 11.8 Å². The van der Waals surface area contributed by atoms with Gasteiger partial charge in [0.2, 0.25) is 0 Å². The molecule has 0 saturated heterocycles. The number of carbonyl (C=O) groups excluding carboxylic acids is 2. The van der Waals surface area contributed by atoms with Crippen LogP contribution in [0.1, 0.15) is 22.8 Å². The van der Waals surface area contributed by atoms with Crippen LogP contribution in [0.25, 0.3) is 0 Å². The Labute approximate surface area is 163 Å². The molecule has 0 radical (unpaired) electrons. The molecule has 10 heteroatoms. The molecule has 0 aliphatic rings. The predicted octanol–water partition coefficient (Wildman–Crippen LogP) is 4.06. The summed E-state index contributed by atoms with van der Waals surface area (Å²) in [6.07, 6.45) is -5.71. The van der Waals surface area contributed by atoms with E-state index in [2.05, 4.69) is 5.32 Å². The van der Waals surface area contributed by atoms with Crippen LogP contribution in [-0.2, 0) is 15.8 Å². The average molecular weight is 417 g/mol. The highest BCUT2D eigenvalue weighted by molar-refractivity contribution is 6.32. The first-order valence-corrected chi connectivity index (χ1v) is 8.27. The van der Waals surface area contributed by atoms with Gasteiger partial charge in [-0.15, -0.1) is 0 Å². The van der Waals surface area contributed by atoms with Gasteiger partial charge in [-0.1, -0.05) is 17.7 Å². The van der Waals surface area contributed by atoms with Crippen LogP contribution in [0.4, 0.5) is 18.9 Å². The molecule has 2 rings (SSSR count). The van der Waals surface area contributed by atoms with Gasteiger partial charge >= 0.3 is 6.18 Å². The third-order valence-corrected chi connectivity index (χ3v) is 3.86. The SMILES string of the molecule is COc1ccc(NC(=O)C(C)ONC(=O)c2cccc(C(F)(F)F)c2)cc1Cl. The second-order valence-electron chi connectivity index (χ2n) is 5.61. The lowest BCUT2D eigenvalue weighted by molar-refractivity contribution is -0.137. The molecule has 0 aliphatic carbocycles. The number of alkyl halides is 3. The lowest BCUT2D eigenvalue weighted by Gasteiger charge is -2.14. The van der Waals surface area contributed by atoms with Gasteiger partial charge in [-0.05, 0) is 43.3 Å². The van der Waals surface area contributed by atoms with Crippen molar-refractivity contribution in [1.29, 1.82) is 0 Å². The highest BCUT2D eigenvalue weighted by atomic mass is 35.5. The lowest BCUT2D eigenvalue weighted by atomic mass is 10.1. The van der Waals surface area contributed by atoms with Gasteiger partial charge in [0, 0.05) is 11.3 Å². The molecular weight excluding hydrogens is 401 g/mol. The van der Waals surface area contributed by atoms with Crippen molar-refractivity contribution >= 4 is 29.1 Å². The summed E-state index contributed by atoms with van der Waals surface area (Å²) < 4.78 is 43.1. The Morgan fingerprint density at radius 1 is 1.14 bits per heavy atom. The van der Waals surface area contributed by atoms with Crippen molar-refractivity contribution < 1.29 is 32.3 Å². The number of nitrogens with one attached hydrogen (secondary N) is 2. The van der Waals surface area contributed by atoms with E-state index < -0.39 is 29.7 Å². The van der Waals surface area contributed by atoms with Gasteiger partial charge in [0.05, 0.1) is 17.7 Å². The summed E-state index contributed by atoms with van der Waals surface area (Å²) in [7, 11) is 1.45. The van der Waals surface area contributed by atoms with Crippen molar-refractivity contribution in [3.8, 4) is 5.75 Å². The summed E-state index contributed by atoms with van der Waals surface area (Å²) >= 11 is 5.96. The second-order valence-corrected chi connectivity index (χ2v) is 6.02. The fourth-order valence-electron chi connectivity index (χ4n) is 2.08. The first-order chi connectivity index (χ1) is 13.1. The number of hydroxylamine groups is 1. The maximum atomic E-state index is 12.7. The largest absolute Gasteiger partial charge is 0.495 e. The van der Waals surface area contributed by atoms with Crippen LogP contribution in [-0.4, -0.2) is 25.0 Å². The van der Waals surface area contributed by atoms with Gasteiger partial charge in [-0.3, -0.25) is 14.4 Å². The zero-order valence-electron chi connectivity index (χ0n) is 14.8. The first kappa shape index (κ1) is 21.5. The highest BCUT2D eigenvalue weighted by Gasteiger charge is 2.31. The van der Waals surface area contributed by atoms with E-state index in [0.717, 1.165) is 12.1 Å². The van der Waals surface area contributed by atoms with Crippen LogP contribution in [0.15, 0.2) is 42.5 Å². The molecule has 0 bridgehead atoms. The van der Waals surface area contributed by atoms with Gasteiger partial charge in [-0.2, -0.15) is 13.2 Å². The van der Waals surface area contributed by atoms with Crippen LogP contribution < -0.4 is 15.5 Å². The minimum atomic E-state index is -4.58. The van der Waals surface area contributed by atoms with E-state index in [1.54, 1.807) is 12.1 Å². The molecule has 2 aromatic carbocycles. The van der Waals surface area contributed by atoms with Crippen LogP contribution in [0.3, 0.4) is 0 Å². The number of amides is 2. The van der Waals surface area contributed by atoms with Crippen molar-refractivity contribution in [3.05, 3.63) is 58.6 Å². The number of rotatable bonds is 6. The molecule has 2 N–H and O–H groups in total. The summed E-state index contributed by atoms with van der Waals surface area (Å²) in [5.41, 5.74) is 1.10. The van der Waals surface area contributed by atoms with E-state index in [1.165, 1.54) is 26.2 Å². The van der Waals surface area contributed by atoms with E-state index in [9.17, 15) is 22.8 Å². The zero-order valence-corrected chi connectivity index (χ0v) is 15.5. The quantitative estimate of drug-likeness (QED) is 0.696. The number of carbonyl (C=O) groups is 2. The molecule has 6 nitrogen and oxygen atoms in total. The zero-order chi connectivity index (χ0) is 20.9. The normalized spacial score (nSPS) is 12.2. The van der Waals surface area contributed by atoms with E-state index in [4.69, 9.17) is 21.2 Å². The molecule has 0 fully saturated rings. The standard InChI is InChI=1S/C18H16ClF3N2O4/c1-10(16(25)23-13-6-7-15(27-2)14(19)9-13)28-24-17(26)11-4-3-5-12(8-11)18(20,21)22/h3-10H,1-2H3,(H,23,25)(H,24,26).